The van der Waals surface area contributed by atoms with E-state index in [1.807, 2.05) is 18.6 Å². The van der Waals surface area contributed by atoms with Crippen LogP contribution in [0.15, 0.2) is 36.9 Å². The molecule has 1 atom stereocenters. The van der Waals surface area contributed by atoms with Gasteiger partial charge in [0.15, 0.2) is 5.13 Å². The van der Waals surface area contributed by atoms with Crippen LogP contribution in [0, 0.1) is 5.41 Å². The quantitative estimate of drug-likeness (QED) is 0.375. The lowest BCUT2D eigenvalue weighted by Gasteiger charge is -2.23. The molecule has 0 aliphatic heterocycles. The molecule has 0 radical (unpaired) electrons. The third-order valence-corrected chi connectivity index (χ3v) is 7.39. The SMILES string of the molecule is COC(=O)C1(C(=O)Nc2nc3ccc(C(CCCN(C)C)n4ccnc4)cc3s2)CCCC1. The zero-order valence-electron chi connectivity index (χ0n) is 19.4. The van der Waals surface area contributed by atoms with Gasteiger partial charge in [-0.1, -0.05) is 30.2 Å². The molecule has 4 rings (SSSR count). The Labute approximate surface area is 198 Å². The first-order valence-electron chi connectivity index (χ1n) is 11.4. The van der Waals surface area contributed by atoms with Gasteiger partial charge in [-0.25, -0.2) is 9.97 Å². The maximum absolute atomic E-state index is 13.1. The molecule has 0 bridgehead atoms. The van der Waals surface area contributed by atoms with Gasteiger partial charge in [0.25, 0.3) is 0 Å². The second-order valence-electron chi connectivity index (χ2n) is 8.95. The van der Waals surface area contributed by atoms with Gasteiger partial charge in [-0.05, 0) is 64.0 Å². The Bertz CT molecular complexity index is 1100. The van der Waals surface area contributed by atoms with Gasteiger partial charge in [0.2, 0.25) is 5.91 Å². The van der Waals surface area contributed by atoms with Gasteiger partial charge >= 0.3 is 5.97 Å². The van der Waals surface area contributed by atoms with Crippen LogP contribution in [0.4, 0.5) is 5.13 Å². The summed E-state index contributed by atoms with van der Waals surface area (Å²) in [5.41, 5.74) is 0.911. The van der Waals surface area contributed by atoms with Gasteiger partial charge < -0.3 is 19.5 Å². The Kier molecular flexibility index (Phi) is 7.09. The third kappa shape index (κ3) is 4.94. The average Bonchev–Trinajstić information content (AvgIpc) is 3.56. The Morgan fingerprint density at radius 2 is 2.09 bits per heavy atom. The summed E-state index contributed by atoms with van der Waals surface area (Å²) in [4.78, 5) is 36.5. The first-order valence-corrected chi connectivity index (χ1v) is 12.2. The van der Waals surface area contributed by atoms with E-state index in [9.17, 15) is 9.59 Å². The monoisotopic (exact) mass is 469 g/mol. The number of nitrogens with zero attached hydrogens (tertiary/aromatic N) is 4. The van der Waals surface area contributed by atoms with Crippen LogP contribution in [0.25, 0.3) is 10.2 Å². The number of imidazole rings is 1. The minimum atomic E-state index is -1.10. The maximum Gasteiger partial charge on any atom is 0.321 e. The number of aromatic nitrogens is 3. The van der Waals surface area contributed by atoms with Crippen LogP contribution in [0.3, 0.4) is 0 Å². The molecule has 0 saturated heterocycles. The molecule has 1 N–H and O–H groups in total. The van der Waals surface area contributed by atoms with Gasteiger partial charge in [0.1, 0.15) is 5.41 Å². The molecule has 1 fully saturated rings. The van der Waals surface area contributed by atoms with Crippen molar-refractivity contribution in [1.29, 1.82) is 0 Å². The van der Waals surface area contributed by atoms with Crippen molar-refractivity contribution in [3.63, 3.8) is 0 Å². The number of nitrogens with one attached hydrogen (secondary N) is 1. The number of methoxy groups -OCH3 is 1. The minimum absolute atomic E-state index is 0.179. The smallest absolute Gasteiger partial charge is 0.321 e. The molecule has 176 valence electrons. The number of hydrogen-bond donors (Lipinski definition) is 1. The van der Waals surface area contributed by atoms with Gasteiger partial charge in [-0.2, -0.15) is 0 Å². The number of rotatable bonds is 9. The van der Waals surface area contributed by atoms with Crippen LogP contribution in [0.1, 0.15) is 50.1 Å². The molecular weight excluding hydrogens is 438 g/mol. The number of ether oxygens (including phenoxy) is 1. The number of carbonyl (C=O) groups is 2. The zero-order valence-corrected chi connectivity index (χ0v) is 20.2. The van der Waals surface area contributed by atoms with Crippen LogP contribution in [0.5, 0.6) is 0 Å². The van der Waals surface area contributed by atoms with Crippen LogP contribution in [-0.2, 0) is 14.3 Å². The van der Waals surface area contributed by atoms with Crippen LogP contribution >= 0.6 is 11.3 Å². The van der Waals surface area contributed by atoms with Gasteiger partial charge in [-0.15, -0.1) is 0 Å². The fraction of sp³-hybridized carbons (Fsp3) is 0.500. The molecular formula is C24H31N5O3S. The Balaban J connectivity index is 1.56. The molecule has 1 aliphatic rings. The lowest BCUT2D eigenvalue weighted by atomic mass is 9.85. The molecule has 1 saturated carbocycles. The number of fused-ring (bicyclic) bond motifs is 1. The molecule has 9 heteroatoms. The number of amides is 1. The molecule has 8 nitrogen and oxygen atoms in total. The van der Waals surface area contributed by atoms with Crippen molar-refractivity contribution in [2.45, 2.75) is 44.6 Å². The molecule has 1 unspecified atom stereocenters. The molecule has 33 heavy (non-hydrogen) atoms. The lowest BCUT2D eigenvalue weighted by Crippen LogP contribution is -2.41. The predicted molar refractivity (Wildman–Crippen MR) is 129 cm³/mol. The number of carbonyl (C=O) groups excluding carboxylic acids is 2. The highest BCUT2D eigenvalue weighted by Gasteiger charge is 2.49. The number of anilines is 1. The maximum atomic E-state index is 13.1. The van der Waals surface area contributed by atoms with E-state index in [-0.39, 0.29) is 11.9 Å². The molecule has 1 aromatic carbocycles. The fourth-order valence-corrected chi connectivity index (χ4v) is 5.57. The summed E-state index contributed by atoms with van der Waals surface area (Å²) in [5, 5.41) is 3.41. The van der Waals surface area contributed by atoms with E-state index in [1.54, 1.807) is 6.20 Å². The van der Waals surface area contributed by atoms with Crippen molar-refractivity contribution in [1.82, 2.24) is 19.4 Å². The van der Waals surface area contributed by atoms with Crippen molar-refractivity contribution in [3.05, 3.63) is 42.5 Å². The largest absolute Gasteiger partial charge is 0.468 e. The average molecular weight is 470 g/mol. The number of thiazole rings is 1. The van der Waals surface area contributed by atoms with Crippen molar-refractivity contribution in [3.8, 4) is 0 Å². The lowest BCUT2D eigenvalue weighted by molar-refractivity contribution is -0.156. The molecule has 2 heterocycles. The van der Waals surface area contributed by atoms with E-state index in [4.69, 9.17) is 4.74 Å². The normalized spacial score (nSPS) is 16.2. The Hall–Kier alpha value is -2.78. The summed E-state index contributed by atoms with van der Waals surface area (Å²) in [6, 6.07) is 6.42. The van der Waals surface area contributed by atoms with Crippen molar-refractivity contribution in [2.24, 2.45) is 5.41 Å². The van der Waals surface area contributed by atoms with E-state index >= 15 is 0 Å². The summed E-state index contributed by atoms with van der Waals surface area (Å²) >= 11 is 1.43. The molecule has 1 aliphatic carbocycles. The summed E-state index contributed by atoms with van der Waals surface area (Å²) < 4.78 is 8.09. The standard InChI is InChI=1S/C24H31N5O3S/c1-28(2)13-6-7-19(29-14-12-25-16-29)17-8-9-18-20(15-17)33-23(26-18)27-21(30)24(22(31)32-3)10-4-5-11-24/h8-9,12,14-16,19H,4-7,10-11,13H2,1-3H3,(H,26,27,30). The highest BCUT2D eigenvalue weighted by molar-refractivity contribution is 7.22. The predicted octanol–water partition coefficient (Wildman–Crippen LogP) is 4.10. The Morgan fingerprint density at radius 1 is 1.30 bits per heavy atom. The number of hydrogen-bond acceptors (Lipinski definition) is 7. The van der Waals surface area contributed by atoms with E-state index in [0.717, 1.165) is 42.4 Å². The number of benzene rings is 1. The minimum Gasteiger partial charge on any atom is -0.468 e. The molecule has 0 spiro atoms. The first-order chi connectivity index (χ1) is 15.9. The van der Waals surface area contributed by atoms with Gasteiger partial charge in [-0.3, -0.25) is 9.59 Å². The zero-order chi connectivity index (χ0) is 23.4. The summed E-state index contributed by atoms with van der Waals surface area (Å²) in [7, 11) is 5.51. The van der Waals surface area contributed by atoms with Crippen LogP contribution < -0.4 is 5.32 Å². The molecule has 1 amide bonds. The first kappa shape index (κ1) is 23.4. The highest BCUT2D eigenvalue weighted by Crippen LogP contribution is 2.41. The number of esters is 1. The van der Waals surface area contributed by atoms with Crippen LogP contribution in [0.2, 0.25) is 0 Å². The van der Waals surface area contributed by atoms with Crippen molar-refractivity contribution in [2.75, 3.05) is 33.1 Å². The van der Waals surface area contributed by atoms with Crippen molar-refractivity contribution >= 4 is 38.6 Å². The summed E-state index contributed by atoms with van der Waals surface area (Å²) in [5.74, 6) is -0.770. The summed E-state index contributed by atoms with van der Waals surface area (Å²) in [6.07, 6.45) is 10.4. The van der Waals surface area contributed by atoms with E-state index < -0.39 is 11.4 Å². The van der Waals surface area contributed by atoms with Gasteiger partial charge in [0, 0.05) is 12.4 Å². The molecule has 2 aromatic heterocycles. The highest BCUT2D eigenvalue weighted by atomic mass is 32.1. The topological polar surface area (TPSA) is 89.4 Å². The van der Waals surface area contributed by atoms with E-state index in [1.165, 1.54) is 24.0 Å². The third-order valence-electron chi connectivity index (χ3n) is 6.45. The second kappa shape index (κ2) is 10.0. The van der Waals surface area contributed by atoms with Gasteiger partial charge in [0.05, 0.1) is 29.7 Å². The van der Waals surface area contributed by atoms with E-state index in [0.29, 0.717) is 18.0 Å². The molecule has 3 aromatic rings. The van der Waals surface area contributed by atoms with E-state index in [2.05, 4.69) is 51.0 Å². The second-order valence-corrected chi connectivity index (χ2v) is 9.98. The van der Waals surface area contributed by atoms with Crippen LogP contribution in [-0.4, -0.2) is 59.1 Å². The summed E-state index contributed by atoms with van der Waals surface area (Å²) in [6.45, 7) is 1.02. The Morgan fingerprint density at radius 3 is 2.76 bits per heavy atom. The van der Waals surface area contributed by atoms with Crippen molar-refractivity contribution < 1.29 is 14.3 Å². The fourth-order valence-electron chi connectivity index (χ4n) is 4.66.